The molecule has 0 N–H and O–H groups in total. The molecule has 0 radical (unpaired) electrons. The van der Waals surface area contributed by atoms with E-state index in [1.54, 1.807) is 0 Å². The maximum atomic E-state index is 13.1. The predicted octanol–water partition coefficient (Wildman–Crippen LogP) is 4.52. The number of aryl methyl sites for hydroxylation is 1. The van der Waals surface area contributed by atoms with Gasteiger partial charge in [0.15, 0.2) is 0 Å². The lowest BCUT2D eigenvalue weighted by Crippen LogP contribution is -2.51. The van der Waals surface area contributed by atoms with Crippen LogP contribution in [-0.4, -0.2) is 50.1 Å². The Morgan fingerprint density at radius 1 is 0.897 bits per heavy atom. The molecule has 0 unspecified atom stereocenters. The van der Waals surface area contributed by atoms with Gasteiger partial charge in [-0.15, -0.1) is 0 Å². The Labute approximate surface area is 179 Å². The van der Waals surface area contributed by atoms with E-state index in [1.807, 2.05) is 18.2 Å². The lowest BCUT2D eigenvalue weighted by atomic mass is 9.94. The number of hydrogen-bond acceptors (Lipinski definition) is 3. The summed E-state index contributed by atoms with van der Waals surface area (Å²) in [5, 5.41) is 0.766. The zero-order chi connectivity index (χ0) is 20.4. The monoisotopic (exact) mass is 411 g/mol. The van der Waals surface area contributed by atoms with E-state index in [-0.39, 0.29) is 5.92 Å². The van der Waals surface area contributed by atoms with E-state index in [2.05, 4.69) is 52.8 Å². The van der Waals surface area contributed by atoms with Gasteiger partial charge in [0.05, 0.1) is 0 Å². The Bertz CT molecular complexity index is 868. The lowest BCUT2D eigenvalue weighted by molar-refractivity contribution is -0.136. The molecule has 2 aromatic carbocycles. The highest BCUT2D eigenvalue weighted by atomic mass is 35.5. The number of benzene rings is 2. The fourth-order valence-electron chi connectivity index (χ4n) is 4.56. The Hall–Kier alpha value is -2.20. The van der Waals surface area contributed by atoms with Gasteiger partial charge in [-0.3, -0.25) is 4.79 Å². The zero-order valence-corrected chi connectivity index (χ0v) is 18.2. The normalized spacial score (nSPS) is 18.2. The Kier molecular flexibility index (Phi) is 6.00. The van der Waals surface area contributed by atoms with Gasteiger partial charge >= 0.3 is 0 Å². The molecule has 1 amide bonds. The zero-order valence-electron chi connectivity index (χ0n) is 17.4. The molecule has 5 heteroatoms. The van der Waals surface area contributed by atoms with Gasteiger partial charge in [0.1, 0.15) is 0 Å². The van der Waals surface area contributed by atoms with Crippen molar-refractivity contribution in [1.82, 2.24) is 4.90 Å². The fraction of sp³-hybridized carbons (Fsp3) is 0.458. The smallest absolute Gasteiger partial charge is 0.225 e. The van der Waals surface area contributed by atoms with E-state index in [4.69, 9.17) is 11.6 Å². The van der Waals surface area contributed by atoms with Crippen LogP contribution in [0.15, 0.2) is 42.5 Å². The van der Waals surface area contributed by atoms with Crippen molar-refractivity contribution in [2.24, 2.45) is 5.92 Å². The molecule has 2 fully saturated rings. The number of amides is 1. The molecule has 4 rings (SSSR count). The van der Waals surface area contributed by atoms with Crippen molar-refractivity contribution in [1.29, 1.82) is 0 Å². The molecule has 154 valence electrons. The number of piperidine rings is 1. The van der Waals surface area contributed by atoms with Crippen LogP contribution in [0, 0.1) is 19.8 Å². The predicted molar refractivity (Wildman–Crippen MR) is 121 cm³/mol. The summed E-state index contributed by atoms with van der Waals surface area (Å²) in [6.07, 6.45) is 1.84. The molecule has 0 spiro atoms. The third kappa shape index (κ3) is 4.37. The van der Waals surface area contributed by atoms with Crippen molar-refractivity contribution in [2.45, 2.75) is 26.7 Å². The van der Waals surface area contributed by atoms with Crippen molar-refractivity contribution in [2.75, 3.05) is 49.1 Å². The maximum Gasteiger partial charge on any atom is 0.225 e. The van der Waals surface area contributed by atoms with Crippen LogP contribution in [0.1, 0.15) is 24.0 Å². The topological polar surface area (TPSA) is 26.8 Å². The molecule has 0 saturated carbocycles. The number of carbonyl (C=O) groups excluding carboxylic acids is 1. The van der Waals surface area contributed by atoms with Crippen LogP contribution in [0.3, 0.4) is 0 Å². The van der Waals surface area contributed by atoms with Crippen LogP contribution in [0.25, 0.3) is 0 Å². The van der Waals surface area contributed by atoms with Crippen LogP contribution < -0.4 is 9.80 Å². The van der Waals surface area contributed by atoms with Crippen LogP contribution in [-0.2, 0) is 4.79 Å². The minimum Gasteiger partial charge on any atom is -0.371 e. The molecule has 0 bridgehead atoms. The summed E-state index contributed by atoms with van der Waals surface area (Å²) < 4.78 is 0. The van der Waals surface area contributed by atoms with Crippen LogP contribution >= 0.6 is 11.6 Å². The Balaban J connectivity index is 1.31. The fourth-order valence-corrected chi connectivity index (χ4v) is 4.75. The number of halogens is 1. The van der Waals surface area contributed by atoms with Gasteiger partial charge in [0.25, 0.3) is 0 Å². The molecular formula is C24H30ClN3O. The van der Waals surface area contributed by atoms with Crippen molar-refractivity contribution >= 4 is 28.9 Å². The first-order valence-corrected chi connectivity index (χ1v) is 11.0. The van der Waals surface area contributed by atoms with Gasteiger partial charge in [-0.05, 0) is 62.1 Å². The first-order valence-electron chi connectivity index (χ1n) is 10.6. The second-order valence-electron chi connectivity index (χ2n) is 8.27. The first kappa shape index (κ1) is 20.1. The van der Waals surface area contributed by atoms with Crippen molar-refractivity contribution < 1.29 is 4.79 Å². The third-order valence-electron chi connectivity index (χ3n) is 6.53. The summed E-state index contributed by atoms with van der Waals surface area (Å²) in [4.78, 5) is 19.9. The van der Waals surface area contributed by atoms with Crippen LogP contribution in [0.2, 0.25) is 5.02 Å². The number of hydrogen-bond donors (Lipinski definition) is 0. The summed E-state index contributed by atoms with van der Waals surface area (Å²) in [5.41, 5.74) is 5.14. The molecule has 0 atom stereocenters. The molecule has 0 aliphatic carbocycles. The molecule has 2 saturated heterocycles. The van der Waals surface area contributed by atoms with Gasteiger partial charge < -0.3 is 14.7 Å². The summed E-state index contributed by atoms with van der Waals surface area (Å²) in [5.74, 6) is 0.494. The molecular weight excluding hydrogens is 382 g/mol. The van der Waals surface area contributed by atoms with Gasteiger partial charge in [0.2, 0.25) is 5.91 Å². The van der Waals surface area contributed by atoms with Gasteiger partial charge in [-0.25, -0.2) is 0 Å². The Morgan fingerprint density at radius 2 is 1.59 bits per heavy atom. The average Bonchev–Trinajstić information content (AvgIpc) is 2.75. The van der Waals surface area contributed by atoms with E-state index in [0.717, 1.165) is 62.8 Å². The van der Waals surface area contributed by atoms with Gasteiger partial charge in [-0.2, -0.15) is 0 Å². The van der Waals surface area contributed by atoms with Crippen molar-refractivity contribution in [3.8, 4) is 0 Å². The highest BCUT2D eigenvalue weighted by Crippen LogP contribution is 2.28. The first-order chi connectivity index (χ1) is 14.0. The summed E-state index contributed by atoms with van der Waals surface area (Å²) >= 11 is 6.13. The van der Waals surface area contributed by atoms with Crippen molar-refractivity contribution in [3.63, 3.8) is 0 Å². The second kappa shape index (κ2) is 8.66. The molecule has 4 nitrogen and oxygen atoms in total. The van der Waals surface area contributed by atoms with Crippen LogP contribution in [0.4, 0.5) is 11.4 Å². The maximum absolute atomic E-state index is 13.1. The highest BCUT2D eigenvalue weighted by Gasteiger charge is 2.30. The van der Waals surface area contributed by atoms with E-state index in [1.165, 1.54) is 16.8 Å². The average molecular weight is 412 g/mol. The minimum absolute atomic E-state index is 0.151. The van der Waals surface area contributed by atoms with Crippen molar-refractivity contribution in [3.05, 3.63) is 58.6 Å². The number of rotatable bonds is 3. The van der Waals surface area contributed by atoms with Gasteiger partial charge in [0, 0.05) is 61.6 Å². The molecule has 2 aliphatic rings. The SMILES string of the molecule is Cc1cccc(N2CCN(C(=O)C3CCN(c4cccc(Cl)c4)CC3)CC2)c1C. The molecule has 2 aromatic rings. The quantitative estimate of drug-likeness (QED) is 0.742. The number of anilines is 2. The number of piperazine rings is 1. The number of carbonyl (C=O) groups is 1. The summed E-state index contributed by atoms with van der Waals surface area (Å²) in [6, 6.07) is 14.5. The summed E-state index contributed by atoms with van der Waals surface area (Å²) in [6.45, 7) is 9.65. The van der Waals surface area contributed by atoms with Crippen LogP contribution in [0.5, 0.6) is 0 Å². The second-order valence-corrected chi connectivity index (χ2v) is 8.71. The van der Waals surface area contributed by atoms with E-state index in [9.17, 15) is 4.79 Å². The third-order valence-corrected chi connectivity index (χ3v) is 6.76. The molecule has 2 aliphatic heterocycles. The standard InChI is InChI=1S/C24H30ClN3O/c1-18-5-3-8-23(19(18)2)27-13-15-28(16-14-27)24(29)20-9-11-26(12-10-20)22-7-4-6-21(25)17-22/h3-8,17,20H,9-16H2,1-2H3. The lowest BCUT2D eigenvalue weighted by Gasteiger charge is -2.40. The Morgan fingerprint density at radius 3 is 2.28 bits per heavy atom. The molecule has 2 heterocycles. The molecule has 0 aromatic heterocycles. The molecule has 29 heavy (non-hydrogen) atoms. The highest BCUT2D eigenvalue weighted by molar-refractivity contribution is 6.30. The minimum atomic E-state index is 0.151. The van der Waals surface area contributed by atoms with E-state index >= 15 is 0 Å². The van der Waals surface area contributed by atoms with Gasteiger partial charge in [-0.1, -0.05) is 29.8 Å². The number of nitrogens with zero attached hydrogens (tertiary/aromatic N) is 3. The van der Waals surface area contributed by atoms with E-state index in [0.29, 0.717) is 5.91 Å². The van der Waals surface area contributed by atoms with E-state index < -0.39 is 0 Å². The summed E-state index contributed by atoms with van der Waals surface area (Å²) in [7, 11) is 0. The largest absolute Gasteiger partial charge is 0.371 e.